The van der Waals surface area contributed by atoms with Crippen molar-refractivity contribution in [2.45, 2.75) is 43.0 Å². The van der Waals surface area contributed by atoms with E-state index in [-0.39, 0.29) is 4.90 Å². The molecular formula is C24H27N5O5S. The molecule has 11 heteroatoms. The Morgan fingerprint density at radius 3 is 2.49 bits per heavy atom. The van der Waals surface area contributed by atoms with Crippen molar-refractivity contribution in [2.24, 2.45) is 4.99 Å². The number of nitrogens with zero attached hydrogens (tertiary/aromatic N) is 2. The highest BCUT2D eigenvalue weighted by Gasteiger charge is 2.49. The highest BCUT2D eigenvalue weighted by molar-refractivity contribution is 7.90. The Labute approximate surface area is 203 Å². The molecule has 1 fully saturated rings. The van der Waals surface area contributed by atoms with Crippen LogP contribution in [0.15, 0.2) is 64.5 Å². The monoisotopic (exact) mass is 497 g/mol. The Morgan fingerprint density at radius 1 is 1.06 bits per heavy atom. The van der Waals surface area contributed by atoms with E-state index in [0.717, 1.165) is 24.2 Å². The SMILES string of the molecule is C[C@]1(c2ccccc2)NC(=O)N(CC(=O)Nc2ccc(S(=O)(=O)NC3=NCCCCC3)cc2)C1=O. The van der Waals surface area contributed by atoms with E-state index in [1.165, 1.54) is 24.3 Å². The quantitative estimate of drug-likeness (QED) is 0.526. The number of nitrogens with one attached hydrogen (secondary N) is 3. The van der Waals surface area contributed by atoms with E-state index in [0.29, 0.717) is 30.1 Å². The Balaban J connectivity index is 1.38. The van der Waals surface area contributed by atoms with Crippen LogP contribution in [0, 0.1) is 0 Å². The zero-order chi connectivity index (χ0) is 25.1. The smallest absolute Gasteiger partial charge is 0.325 e. The molecule has 0 radical (unpaired) electrons. The molecule has 10 nitrogen and oxygen atoms in total. The lowest BCUT2D eigenvalue weighted by Gasteiger charge is -2.22. The third-order valence-electron chi connectivity index (χ3n) is 6.00. The van der Waals surface area contributed by atoms with Crippen LogP contribution >= 0.6 is 0 Å². The maximum absolute atomic E-state index is 12.9. The van der Waals surface area contributed by atoms with Crippen molar-refractivity contribution in [1.29, 1.82) is 0 Å². The van der Waals surface area contributed by atoms with E-state index >= 15 is 0 Å². The van der Waals surface area contributed by atoms with Crippen LogP contribution in [-0.4, -0.2) is 50.1 Å². The van der Waals surface area contributed by atoms with Gasteiger partial charge in [0.25, 0.3) is 15.9 Å². The molecule has 0 aromatic heterocycles. The summed E-state index contributed by atoms with van der Waals surface area (Å²) < 4.78 is 27.9. The number of sulfonamides is 1. The zero-order valence-electron chi connectivity index (χ0n) is 19.3. The highest BCUT2D eigenvalue weighted by Crippen LogP contribution is 2.28. The summed E-state index contributed by atoms with van der Waals surface area (Å²) in [5, 5.41) is 5.24. The highest BCUT2D eigenvalue weighted by atomic mass is 32.2. The molecule has 0 aliphatic carbocycles. The molecule has 4 rings (SSSR count). The minimum absolute atomic E-state index is 0.0372. The number of aliphatic imine (C=N–C) groups is 1. The van der Waals surface area contributed by atoms with Gasteiger partial charge in [-0.25, -0.2) is 13.2 Å². The number of amidine groups is 1. The van der Waals surface area contributed by atoms with Gasteiger partial charge in [0.05, 0.1) is 4.90 Å². The number of imide groups is 1. The summed E-state index contributed by atoms with van der Waals surface area (Å²) in [7, 11) is -3.79. The lowest BCUT2D eigenvalue weighted by atomic mass is 9.92. The number of benzene rings is 2. The van der Waals surface area contributed by atoms with Crippen LogP contribution in [0.4, 0.5) is 10.5 Å². The Bertz CT molecular complexity index is 1260. The van der Waals surface area contributed by atoms with Gasteiger partial charge in [-0.3, -0.25) is 24.2 Å². The van der Waals surface area contributed by atoms with Gasteiger partial charge in [-0.05, 0) is 49.6 Å². The van der Waals surface area contributed by atoms with E-state index in [1.54, 1.807) is 37.3 Å². The van der Waals surface area contributed by atoms with Gasteiger partial charge in [0.15, 0.2) is 0 Å². The third-order valence-corrected chi connectivity index (χ3v) is 7.40. The summed E-state index contributed by atoms with van der Waals surface area (Å²) >= 11 is 0. The summed E-state index contributed by atoms with van der Waals surface area (Å²) in [6, 6.07) is 13.8. The maximum Gasteiger partial charge on any atom is 0.325 e. The summed E-state index contributed by atoms with van der Waals surface area (Å²) in [5.41, 5.74) is -0.316. The second-order valence-electron chi connectivity index (χ2n) is 8.63. The lowest BCUT2D eigenvalue weighted by molar-refractivity contribution is -0.133. The molecule has 0 bridgehead atoms. The van der Waals surface area contributed by atoms with Crippen molar-refractivity contribution in [3.8, 4) is 0 Å². The van der Waals surface area contributed by atoms with E-state index < -0.39 is 40.0 Å². The summed E-state index contributed by atoms with van der Waals surface area (Å²) in [6.45, 7) is 1.72. The van der Waals surface area contributed by atoms with Crippen molar-refractivity contribution >= 4 is 39.4 Å². The summed E-state index contributed by atoms with van der Waals surface area (Å²) in [6.07, 6.45) is 3.42. The van der Waals surface area contributed by atoms with Crippen LogP contribution in [-0.2, 0) is 25.2 Å². The van der Waals surface area contributed by atoms with Crippen LogP contribution in [0.1, 0.15) is 38.2 Å². The first-order chi connectivity index (χ1) is 16.7. The number of urea groups is 1. The van der Waals surface area contributed by atoms with Crippen molar-refractivity contribution in [3.05, 3.63) is 60.2 Å². The molecule has 184 valence electrons. The molecule has 2 heterocycles. The van der Waals surface area contributed by atoms with Gasteiger partial charge >= 0.3 is 6.03 Å². The van der Waals surface area contributed by atoms with E-state index in [9.17, 15) is 22.8 Å². The standard InChI is InChI=1S/C24H27N5O5S/c1-24(17-8-4-2-5-9-17)22(31)29(23(32)27-24)16-21(30)26-18-11-13-19(14-12-18)35(33,34)28-20-10-6-3-7-15-25-20/h2,4-5,8-9,11-14H,3,6-7,10,15-16H2,1H3,(H,25,28)(H,26,30)(H,27,32)/t24-/m1/s1. The van der Waals surface area contributed by atoms with Crippen molar-refractivity contribution in [2.75, 3.05) is 18.4 Å². The number of carbonyl (C=O) groups excluding carboxylic acids is 3. The lowest BCUT2D eigenvalue weighted by Crippen LogP contribution is -2.42. The average molecular weight is 498 g/mol. The second kappa shape index (κ2) is 9.87. The fourth-order valence-corrected chi connectivity index (χ4v) is 5.13. The molecule has 0 spiro atoms. The summed E-state index contributed by atoms with van der Waals surface area (Å²) in [5.74, 6) is -0.666. The normalized spacial score (nSPS) is 20.6. The molecule has 2 aromatic rings. The fraction of sp³-hybridized carbons (Fsp3) is 0.333. The Kier molecular flexibility index (Phi) is 6.88. The van der Waals surface area contributed by atoms with Crippen molar-refractivity contribution in [3.63, 3.8) is 0 Å². The number of anilines is 1. The number of hydrogen-bond donors (Lipinski definition) is 3. The molecule has 2 aliphatic heterocycles. The van der Waals surface area contributed by atoms with Crippen molar-refractivity contribution in [1.82, 2.24) is 14.9 Å². The minimum atomic E-state index is -3.79. The number of hydrogen-bond acceptors (Lipinski definition) is 6. The molecule has 1 saturated heterocycles. The molecule has 0 saturated carbocycles. The molecule has 4 amide bonds. The topological polar surface area (TPSA) is 137 Å². The van der Waals surface area contributed by atoms with Crippen LogP contribution < -0.4 is 15.4 Å². The fourth-order valence-electron chi connectivity index (χ4n) is 4.04. The third kappa shape index (κ3) is 5.35. The summed E-state index contributed by atoms with van der Waals surface area (Å²) in [4.78, 5) is 43.1. The van der Waals surface area contributed by atoms with Gasteiger partial charge in [-0.2, -0.15) is 0 Å². The van der Waals surface area contributed by atoms with Crippen LogP contribution in [0.3, 0.4) is 0 Å². The Hall–Kier alpha value is -3.73. The van der Waals surface area contributed by atoms with Crippen molar-refractivity contribution < 1.29 is 22.8 Å². The first-order valence-corrected chi connectivity index (χ1v) is 12.8. The second-order valence-corrected chi connectivity index (χ2v) is 10.3. The molecule has 35 heavy (non-hydrogen) atoms. The van der Waals surface area contributed by atoms with Crippen LogP contribution in [0.5, 0.6) is 0 Å². The molecule has 3 N–H and O–H groups in total. The molecule has 0 unspecified atom stereocenters. The predicted molar refractivity (Wildman–Crippen MR) is 130 cm³/mol. The van der Waals surface area contributed by atoms with E-state index in [4.69, 9.17) is 0 Å². The minimum Gasteiger partial charge on any atom is -0.325 e. The molecule has 2 aromatic carbocycles. The zero-order valence-corrected chi connectivity index (χ0v) is 20.1. The van der Waals surface area contributed by atoms with Gasteiger partial charge in [0, 0.05) is 18.7 Å². The number of carbonyl (C=O) groups is 3. The maximum atomic E-state index is 12.9. The van der Waals surface area contributed by atoms with Gasteiger partial charge in [-0.15, -0.1) is 0 Å². The van der Waals surface area contributed by atoms with Gasteiger partial charge < -0.3 is 10.6 Å². The molecule has 1 atom stereocenters. The average Bonchev–Trinajstić information content (AvgIpc) is 3.00. The Morgan fingerprint density at radius 2 is 1.77 bits per heavy atom. The van der Waals surface area contributed by atoms with Gasteiger partial charge in [0.1, 0.15) is 17.9 Å². The van der Waals surface area contributed by atoms with Crippen LogP contribution in [0.25, 0.3) is 0 Å². The van der Waals surface area contributed by atoms with Gasteiger partial charge in [-0.1, -0.05) is 36.8 Å². The number of amides is 4. The molecule has 2 aliphatic rings. The predicted octanol–water partition coefficient (Wildman–Crippen LogP) is 2.34. The van der Waals surface area contributed by atoms with Crippen LogP contribution in [0.2, 0.25) is 0 Å². The van der Waals surface area contributed by atoms with Gasteiger partial charge in [0.2, 0.25) is 5.91 Å². The largest absolute Gasteiger partial charge is 0.325 e. The van der Waals surface area contributed by atoms with E-state index in [2.05, 4.69) is 20.3 Å². The molecular weight excluding hydrogens is 470 g/mol. The number of rotatable bonds is 6. The first-order valence-electron chi connectivity index (χ1n) is 11.3. The van der Waals surface area contributed by atoms with E-state index in [1.807, 2.05) is 0 Å². The first kappa shape index (κ1) is 24.4.